The van der Waals surface area contributed by atoms with Crippen molar-refractivity contribution in [1.29, 1.82) is 0 Å². The minimum absolute atomic E-state index is 0.287. The fourth-order valence-corrected chi connectivity index (χ4v) is 8.32. The van der Waals surface area contributed by atoms with Gasteiger partial charge >= 0.3 is 0 Å². The van der Waals surface area contributed by atoms with Crippen molar-refractivity contribution in [3.8, 4) is 0 Å². The van der Waals surface area contributed by atoms with Crippen LogP contribution in [0.15, 0.2) is 0 Å². The second-order valence-electron chi connectivity index (χ2n) is 15.5. The Kier molecular flexibility index (Phi) is 17.1. The molecule has 5 saturated heterocycles. The zero-order valence-electron chi connectivity index (χ0n) is 33.7. The van der Waals surface area contributed by atoms with Gasteiger partial charge in [-0.2, -0.15) is 0 Å². The molecule has 0 aromatic heterocycles. The highest BCUT2D eigenvalue weighted by Gasteiger charge is 2.56. The minimum Gasteiger partial charge on any atom is -0.388 e. The summed E-state index contributed by atoms with van der Waals surface area (Å²) in [5.41, 5.74) is 0. The van der Waals surface area contributed by atoms with E-state index in [4.69, 9.17) is 42.6 Å². The number of carbonyl (C=O) groups excluding carboxylic acids is 5. The lowest BCUT2D eigenvalue weighted by Crippen LogP contribution is -2.70. The van der Waals surface area contributed by atoms with E-state index < -0.39 is 153 Å². The molecule has 5 heterocycles. The second-order valence-corrected chi connectivity index (χ2v) is 15.5. The van der Waals surface area contributed by atoms with Gasteiger partial charge in [-0.05, 0) is 34.6 Å². The molecule has 26 nitrogen and oxygen atoms in total. The van der Waals surface area contributed by atoms with E-state index in [-0.39, 0.29) is 6.41 Å². The van der Waals surface area contributed by atoms with Gasteiger partial charge in [0.1, 0.15) is 61.0 Å². The van der Waals surface area contributed by atoms with Crippen molar-refractivity contribution in [2.75, 3.05) is 0 Å². The van der Waals surface area contributed by atoms with Crippen molar-refractivity contribution in [2.24, 2.45) is 0 Å². The van der Waals surface area contributed by atoms with Gasteiger partial charge in [-0.25, -0.2) is 0 Å². The molecule has 0 saturated carbocycles. The highest BCUT2D eigenvalue weighted by molar-refractivity contribution is 5.48. The van der Waals surface area contributed by atoms with Crippen molar-refractivity contribution in [2.45, 2.75) is 188 Å². The Hall–Kier alpha value is -3.29. The normalized spacial score (nSPS) is 49.1. The molecule has 5 aliphatic heterocycles. The van der Waals surface area contributed by atoms with Gasteiger partial charge < -0.3 is 105 Å². The lowest BCUT2D eigenvalue weighted by molar-refractivity contribution is -0.392. The first-order valence-electron chi connectivity index (χ1n) is 19.7. The van der Waals surface area contributed by atoms with Crippen LogP contribution in [0.25, 0.3) is 0 Å². The smallest absolute Gasteiger partial charge is 0.207 e. The van der Waals surface area contributed by atoms with Crippen LogP contribution in [0.4, 0.5) is 0 Å². The van der Waals surface area contributed by atoms with E-state index in [1.165, 1.54) is 34.6 Å². The van der Waals surface area contributed by atoms with Gasteiger partial charge in [-0.15, -0.1) is 0 Å². The average molecular weight is 884 g/mol. The van der Waals surface area contributed by atoms with Gasteiger partial charge in [0.25, 0.3) is 0 Å². The Bertz CT molecular complexity index is 1460. The van der Waals surface area contributed by atoms with E-state index in [2.05, 4.69) is 26.6 Å². The topological polar surface area (TPSA) is 370 Å². The lowest BCUT2D eigenvalue weighted by atomic mass is 9.93. The second kappa shape index (κ2) is 21.4. The molecule has 0 aliphatic carbocycles. The molecule has 5 aliphatic rings. The Morgan fingerprint density at radius 2 is 0.623 bits per heavy atom. The number of hydrogen-bond donors (Lipinski definition) is 12. The fourth-order valence-electron chi connectivity index (χ4n) is 8.32. The van der Waals surface area contributed by atoms with Gasteiger partial charge in [0.05, 0.1) is 60.7 Å². The molecule has 12 N–H and O–H groups in total. The molecule has 61 heavy (non-hydrogen) atoms. The van der Waals surface area contributed by atoms with Crippen LogP contribution in [0.1, 0.15) is 34.6 Å². The molecule has 26 heteroatoms. The molecule has 0 radical (unpaired) electrons. The first-order chi connectivity index (χ1) is 29.0. The molecule has 25 atom stereocenters. The molecular formula is C35H57N5O21. The van der Waals surface area contributed by atoms with E-state index in [9.17, 15) is 59.7 Å². The lowest BCUT2D eigenvalue weighted by Gasteiger charge is -2.51. The highest BCUT2D eigenvalue weighted by atomic mass is 16.8. The van der Waals surface area contributed by atoms with E-state index >= 15 is 0 Å². The molecule has 5 amide bonds. The summed E-state index contributed by atoms with van der Waals surface area (Å²) in [5.74, 6) is 0. The minimum atomic E-state index is -1.83. The third-order valence-corrected chi connectivity index (χ3v) is 11.6. The fraction of sp³-hybridized carbons (Fsp3) is 0.857. The highest BCUT2D eigenvalue weighted by Crippen LogP contribution is 2.36. The number of rotatable bonds is 18. The molecule has 5 fully saturated rings. The number of aliphatic hydroxyl groups excluding tert-OH is 7. The van der Waals surface area contributed by atoms with Gasteiger partial charge in [0, 0.05) is 0 Å². The molecule has 5 rings (SSSR count). The summed E-state index contributed by atoms with van der Waals surface area (Å²) in [7, 11) is 0. The molecular weight excluding hydrogens is 826 g/mol. The van der Waals surface area contributed by atoms with Crippen LogP contribution in [-0.2, 0) is 66.6 Å². The Labute approximate surface area is 348 Å². The first kappa shape index (κ1) is 48.7. The predicted molar refractivity (Wildman–Crippen MR) is 194 cm³/mol. The first-order valence-corrected chi connectivity index (χ1v) is 19.7. The van der Waals surface area contributed by atoms with E-state index in [0.717, 1.165) is 0 Å². The monoisotopic (exact) mass is 883 g/mol. The molecule has 0 spiro atoms. The van der Waals surface area contributed by atoms with Crippen LogP contribution < -0.4 is 26.6 Å². The Balaban J connectivity index is 1.50. The van der Waals surface area contributed by atoms with E-state index in [0.29, 0.717) is 25.6 Å². The largest absolute Gasteiger partial charge is 0.388 e. The number of nitrogens with one attached hydrogen (secondary N) is 5. The quantitative estimate of drug-likeness (QED) is 0.0569. The summed E-state index contributed by atoms with van der Waals surface area (Å²) in [6, 6.07) is -5.72. The molecule has 0 aromatic rings. The van der Waals surface area contributed by atoms with Crippen LogP contribution in [-0.4, -0.2) is 221 Å². The van der Waals surface area contributed by atoms with Crippen molar-refractivity contribution in [3.63, 3.8) is 0 Å². The maximum Gasteiger partial charge on any atom is 0.207 e. The summed E-state index contributed by atoms with van der Waals surface area (Å²) in [6.07, 6.45) is -29.4. The summed E-state index contributed by atoms with van der Waals surface area (Å²) in [5, 5.41) is 90.4. The summed E-state index contributed by atoms with van der Waals surface area (Å²) in [4.78, 5) is 57.6. The number of aliphatic hydroxyl groups is 7. The third kappa shape index (κ3) is 10.4. The average Bonchev–Trinajstić information content (AvgIpc) is 3.21. The standard InChI is InChI=1S/C35H57N5O21/c1-11-16(36-6-41)21(46)25(50)32(54-11)59-28-22(47)17(37-7-42)13(3)56-34(28)61-30-24(49)19(39-9-44)14(4)57-35(30)60-29-23(48)18(38-8-43)12(2)55-33(29)58-27-20(40-10-45)15(5)53-31(52)26(27)51/h6-35,46-52H,1-5H3,(H,36,41)(H,37,42)(H,38,43)(H,39,44)(H,40,45)/t11-,12-,13-,14-,15-,16-,17-,18-,19-,20-,21+,22+,23+,24+,25+,26+,27+,28+,29+,30+,31+,32-,33-,34-,35-/m1/s1. The van der Waals surface area contributed by atoms with Gasteiger partial charge in [-0.3, -0.25) is 24.0 Å². The third-order valence-electron chi connectivity index (χ3n) is 11.6. The SMILES string of the molecule is C[C@H]1O[C@H](O[C@@H]2[C@@H](O[C@@H]3[C@@H](O[C@@H]4[C@@H](O[C@@H]5[C@H](O)[C@@H](O)O[C@H](C)[C@H]5NC=O)O[C@H](C)[C@@H](NC=O)[C@@H]4O)O[C@H](C)[C@@H](NC=O)[C@@H]3O)O[C@H](C)[C@@H](NC=O)[C@@H]2O)[C@@H](O)[C@@H](O)[C@@H]1NC=O. The van der Waals surface area contributed by atoms with Crippen LogP contribution in [0, 0.1) is 0 Å². The number of ether oxygens (including phenoxy) is 9. The van der Waals surface area contributed by atoms with Gasteiger partial charge in [0.2, 0.25) is 32.1 Å². The molecule has 0 aromatic carbocycles. The van der Waals surface area contributed by atoms with E-state index in [1.54, 1.807) is 0 Å². The Morgan fingerprint density at radius 1 is 0.344 bits per heavy atom. The van der Waals surface area contributed by atoms with Crippen LogP contribution in [0.5, 0.6) is 0 Å². The molecule has 0 bridgehead atoms. The zero-order valence-corrected chi connectivity index (χ0v) is 33.7. The Morgan fingerprint density at radius 3 is 0.984 bits per heavy atom. The van der Waals surface area contributed by atoms with Crippen molar-refractivity contribution < 1.29 is 102 Å². The molecule has 0 unspecified atom stereocenters. The zero-order chi connectivity index (χ0) is 44.9. The number of hydrogen-bond acceptors (Lipinski definition) is 21. The number of amides is 5. The predicted octanol–water partition coefficient (Wildman–Crippen LogP) is -8.02. The maximum atomic E-state index is 11.8. The summed E-state index contributed by atoms with van der Waals surface area (Å²) >= 11 is 0. The molecule has 348 valence electrons. The number of carbonyl (C=O) groups is 5. The van der Waals surface area contributed by atoms with Crippen molar-refractivity contribution in [1.82, 2.24) is 26.6 Å². The van der Waals surface area contributed by atoms with Gasteiger partial charge in [-0.1, -0.05) is 0 Å². The van der Waals surface area contributed by atoms with Crippen molar-refractivity contribution in [3.05, 3.63) is 0 Å². The van der Waals surface area contributed by atoms with Gasteiger partial charge in [0.15, 0.2) is 31.5 Å². The van der Waals surface area contributed by atoms with Crippen LogP contribution in [0.3, 0.4) is 0 Å². The van der Waals surface area contributed by atoms with Crippen molar-refractivity contribution >= 4 is 32.1 Å². The van der Waals surface area contributed by atoms with Crippen LogP contribution >= 0.6 is 0 Å². The maximum absolute atomic E-state index is 11.8. The summed E-state index contributed by atoms with van der Waals surface area (Å²) < 4.78 is 54.0. The summed E-state index contributed by atoms with van der Waals surface area (Å²) in [6.45, 7) is 7.34. The van der Waals surface area contributed by atoms with E-state index in [1.807, 2.05) is 0 Å². The van der Waals surface area contributed by atoms with Crippen LogP contribution in [0.2, 0.25) is 0 Å².